The van der Waals surface area contributed by atoms with Crippen LogP contribution < -0.4 is 0 Å². The number of hydrogen-bond acceptors (Lipinski definition) is 1. The average Bonchev–Trinajstić information content (AvgIpc) is 1.62. The van der Waals surface area contributed by atoms with Crippen LogP contribution in [0.2, 0.25) is 0 Å². The van der Waals surface area contributed by atoms with E-state index in [9.17, 15) is 4.79 Å². The zero-order chi connectivity index (χ0) is 7.65. The Morgan fingerprint density at radius 3 is 3.00 bits per heavy atom. The molecule has 0 unspecified atom stereocenters. The van der Waals surface area contributed by atoms with E-state index in [1.54, 1.807) is 0 Å². The Bertz CT molecular complexity index is 114. The van der Waals surface area contributed by atoms with Crippen LogP contribution in [0.25, 0.3) is 0 Å². The molecule has 0 spiro atoms. The predicted octanol–water partition coefficient (Wildman–Crippen LogP) is 0.595. The van der Waals surface area contributed by atoms with Crippen molar-refractivity contribution in [3.63, 3.8) is 0 Å². The van der Waals surface area contributed by atoms with Crippen molar-refractivity contribution < 1.29 is 11.6 Å². The molecule has 0 fully saturated rings. The van der Waals surface area contributed by atoms with Crippen LogP contribution in [0.4, 0.5) is 0 Å². The van der Waals surface area contributed by atoms with Gasteiger partial charge in [-0.2, -0.15) is 0 Å². The van der Waals surface area contributed by atoms with E-state index in [-0.39, 0.29) is 0 Å². The highest BCUT2D eigenvalue weighted by Crippen LogP contribution is 1.50. The van der Waals surface area contributed by atoms with Crippen LogP contribution in [-0.4, -0.2) is 5.78 Å². The number of rotatable bonds is 0. The molecule has 0 bridgehead atoms. The summed E-state index contributed by atoms with van der Waals surface area (Å²) in [4.78, 5) is 10.2. The molecule has 0 aromatic rings. The molecule has 0 aliphatic rings. The highest BCUT2D eigenvalue weighted by molar-refractivity contribution is 5.72. The van der Waals surface area contributed by atoms with Crippen molar-refractivity contribution >= 4 is 5.78 Å². The van der Waals surface area contributed by atoms with Gasteiger partial charge in [0.05, 0.1) is 0 Å². The summed E-state index contributed by atoms with van der Waals surface area (Å²) in [5.41, 5.74) is 0. The molecule has 0 saturated heterocycles. The van der Waals surface area contributed by atoms with E-state index in [0.717, 1.165) is 0 Å². The van der Waals surface area contributed by atoms with Crippen LogP contribution in [0.5, 0.6) is 0 Å². The Morgan fingerprint density at radius 2 is 3.00 bits per heavy atom. The van der Waals surface area contributed by atoms with Gasteiger partial charge in [-0.25, -0.2) is 0 Å². The number of hydrogen-bond donors (Lipinski definition) is 0. The Labute approximate surface area is 32.7 Å². The summed E-state index contributed by atoms with van der Waals surface area (Å²) >= 11 is 0. The largest absolute Gasteiger partial charge is 0.300 e. The smallest absolute Gasteiger partial charge is 0.126 e. The van der Waals surface area contributed by atoms with E-state index in [0.29, 0.717) is 0 Å². The lowest BCUT2D eigenvalue weighted by atomic mass is 10.6. The van der Waals surface area contributed by atoms with Crippen molar-refractivity contribution in [3.05, 3.63) is 0 Å². The summed E-state index contributed by atoms with van der Waals surface area (Å²) in [5, 5.41) is 0. The van der Waals surface area contributed by atoms with Crippen molar-refractivity contribution in [1.82, 2.24) is 0 Å². The second-order valence-electron chi connectivity index (χ2n) is 0.364. The second-order valence-corrected chi connectivity index (χ2v) is 0.364. The molecule has 0 atom stereocenters. The first-order valence-electron chi connectivity index (χ1n) is 3.40. The molecule has 0 saturated carbocycles. The van der Waals surface area contributed by atoms with E-state index in [1.165, 1.54) is 0 Å². The minimum atomic E-state index is -2.78. The molecule has 0 aromatic heterocycles. The SMILES string of the molecule is [2H]C([2H])C(=[16O])C([2H])([2H])[2H]. The molecule has 0 aromatic carbocycles. The lowest BCUT2D eigenvalue weighted by molar-refractivity contribution is -0.114. The highest BCUT2D eigenvalue weighted by atomic mass is 16.1. The average molecular weight is 63.1 g/mol. The quantitative estimate of drug-likeness (QED) is 0.402. The minimum absolute atomic E-state index is 1.33. The third-order valence-electron chi connectivity index (χ3n) is 0. The normalized spacial score (nSPS) is 28.8. The van der Waals surface area contributed by atoms with Crippen molar-refractivity contribution in [2.24, 2.45) is 0 Å². The van der Waals surface area contributed by atoms with Gasteiger partial charge >= 0.3 is 0 Å². The lowest BCUT2D eigenvalue weighted by Crippen LogP contribution is -1.69. The molecule has 4 heavy (non-hydrogen) atoms. The van der Waals surface area contributed by atoms with Gasteiger partial charge in [-0.15, -0.1) is 0 Å². The Kier molecular flexibility index (Phi) is 0.116. The Hall–Kier alpha value is -0.330. The number of carbonyl (C=O) groups is 1. The topological polar surface area (TPSA) is 17.1 Å². The molecular weight excluding hydrogens is 52.0 g/mol. The van der Waals surface area contributed by atoms with E-state index >= 15 is 0 Å². The Morgan fingerprint density at radius 1 is 2.25 bits per heavy atom. The van der Waals surface area contributed by atoms with Gasteiger partial charge in [0.2, 0.25) is 0 Å². The van der Waals surface area contributed by atoms with Crippen LogP contribution >= 0.6 is 0 Å². The second kappa shape index (κ2) is 1.04. The van der Waals surface area contributed by atoms with Gasteiger partial charge in [0.15, 0.2) is 0 Å². The fraction of sp³-hybridized carbons (Fsp3) is 0.667. The minimum Gasteiger partial charge on any atom is -0.300 e. The standard InChI is InChI=1S/C3H6O/c1-3(2)4/h1-2H3/i1D2,2D3,4+0. The predicted molar refractivity (Wildman–Crippen MR) is 16.4 cm³/mol. The van der Waals surface area contributed by atoms with Crippen molar-refractivity contribution in [1.29, 1.82) is 0 Å². The van der Waals surface area contributed by atoms with Gasteiger partial charge in [-0.1, -0.05) is 0 Å². The molecule has 0 aliphatic carbocycles. The summed E-state index contributed by atoms with van der Waals surface area (Å²) in [6.45, 7) is -4.67. The third-order valence-corrected chi connectivity index (χ3v) is 0. The molecule has 0 radical (unpaired) electrons. The summed E-state index contributed by atoms with van der Waals surface area (Å²) in [6.07, 6.45) is 0. The monoisotopic (exact) mass is 63.1 g/mol. The van der Waals surface area contributed by atoms with Gasteiger partial charge in [0.1, 0.15) is 5.78 Å². The Balaban J connectivity index is 4.06. The maximum atomic E-state index is 10.2. The van der Waals surface area contributed by atoms with Gasteiger partial charge < -0.3 is 4.79 Å². The van der Waals surface area contributed by atoms with Gasteiger partial charge in [-0.05, 0) is 13.7 Å². The maximum absolute atomic E-state index is 10.2. The first kappa shape index (κ1) is 0.445. The van der Waals surface area contributed by atoms with Crippen molar-refractivity contribution in [3.8, 4) is 0 Å². The summed E-state index contributed by atoms with van der Waals surface area (Å²) in [6, 6.07) is 0. The zero-order valence-electron chi connectivity index (χ0n) is 6.99. The van der Waals surface area contributed by atoms with Crippen LogP contribution in [0.1, 0.15) is 20.6 Å². The van der Waals surface area contributed by atoms with Crippen LogP contribution in [-0.2, 0) is 4.79 Å². The molecule has 0 rings (SSSR count). The van der Waals surface area contributed by atoms with E-state index in [2.05, 4.69) is 0 Å². The number of ketones is 1. The lowest BCUT2D eigenvalue weighted by Gasteiger charge is -1.56. The molecule has 24 valence electrons. The van der Waals surface area contributed by atoms with Gasteiger partial charge in [0, 0.05) is 6.85 Å². The highest BCUT2D eigenvalue weighted by Gasteiger charge is 1.62. The van der Waals surface area contributed by atoms with E-state index in [4.69, 9.17) is 6.85 Å². The molecule has 1 nitrogen and oxygen atoms in total. The maximum Gasteiger partial charge on any atom is 0.126 e. The summed E-state index contributed by atoms with van der Waals surface area (Å²) in [7, 11) is 0. The first-order valence-corrected chi connectivity index (χ1v) is 0.743. The summed E-state index contributed by atoms with van der Waals surface area (Å²) in [5.74, 6) is -1.33. The fourth-order valence-corrected chi connectivity index (χ4v) is 0. The number of Topliss-reactive ketones (excluding diaryl/α,β-unsaturated/α-hetero) is 1. The van der Waals surface area contributed by atoms with Crippen molar-refractivity contribution in [2.75, 3.05) is 0 Å². The molecular formula is C3H6O. The third kappa shape index (κ3) is 6.88. The van der Waals surface area contributed by atoms with Gasteiger partial charge in [0.25, 0.3) is 0 Å². The van der Waals surface area contributed by atoms with Crippen molar-refractivity contribution in [2.45, 2.75) is 13.7 Å². The molecule has 0 aliphatic heterocycles. The molecule has 0 heterocycles. The summed E-state index contributed by atoms with van der Waals surface area (Å²) < 4.78 is 32.0. The van der Waals surface area contributed by atoms with Crippen LogP contribution in [0.15, 0.2) is 0 Å². The molecule has 0 N–H and O–H groups in total. The van der Waals surface area contributed by atoms with Crippen LogP contribution in [0.3, 0.4) is 0 Å². The zero-order valence-corrected chi connectivity index (χ0v) is 1.99. The van der Waals surface area contributed by atoms with Gasteiger partial charge in [-0.3, -0.25) is 0 Å². The van der Waals surface area contributed by atoms with Crippen LogP contribution in [0, 0.1) is 0 Å². The van der Waals surface area contributed by atoms with E-state index in [1.807, 2.05) is 0 Å². The fourth-order valence-electron chi connectivity index (χ4n) is 0. The molecule has 1 heteroatoms. The number of carbonyl (C=O) groups excluding carboxylic acids is 1. The first-order chi connectivity index (χ1) is 3.85. The van der Waals surface area contributed by atoms with E-state index < -0.39 is 19.5 Å². The molecule has 0 amide bonds.